The Morgan fingerprint density at radius 3 is 2.29 bits per heavy atom. The van der Waals surface area contributed by atoms with Gasteiger partial charge in [0.1, 0.15) is 11.3 Å². The van der Waals surface area contributed by atoms with E-state index in [1.54, 1.807) is 46.8 Å². The van der Waals surface area contributed by atoms with Crippen molar-refractivity contribution in [3.8, 4) is 5.75 Å². The van der Waals surface area contributed by atoms with Crippen molar-refractivity contribution in [1.82, 2.24) is 0 Å². The van der Waals surface area contributed by atoms with Gasteiger partial charge in [0.2, 0.25) is 0 Å². The number of carbonyl (C=O) groups is 2. The summed E-state index contributed by atoms with van der Waals surface area (Å²) in [6.07, 6.45) is 0.0711. The third kappa shape index (κ3) is 6.11. The summed E-state index contributed by atoms with van der Waals surface area (Å²) in [4.78, 5) is 35.4. The van der Waals surface area contributed by atoms with E-state index in [2.05, 4.69) is 0 Å². The highest BCUT2D eigenvalue weighted by Crippen LogP contribution is 2.28. The number of benzene rings is 1. The molecule has 0 fully saturated rings. The van der Waals surface area contributed by atoms with E-state index in [4.69, 9.17) is 18.6 Å². The molecule has 1 aromatic carbocycles. The number of hydrogen-bond donors (Lipinski definition) is 0. The molecule has 0 unspecified atom stereocenters. The van der Waals surface area contributed by atoms with Crippen LogP contribution in [0.4, 0.5) is 0 Å². The van der Waals surface area contributed by atoms with Gasteiger partial charge in [-0.2, -0.15) is 0 Å². The van der Waals surface area contributed by atoms with Gasteiger partial charge in [0.25, 0.3) is 0 Å². The van der Waals surface area contributed by atoms with Crippen LogP contribution in [0.1, 0.15) is 45.2 Å². The first-order valence-electron chi connectivity index (χ1n) is 9.25. The minimum atomic E-state index is -0.508. The largest absolute Gasteiger partial charge is 0.481 e. The van der Waals surface area contributed by atoms with Crippen molar-refractivity contribution in [2.24, 2.45) is 0 Å². The molecule has 0 aliphatic rings. The fourth-order valence-electron chi connectivity index (χ4n) is 2.71. The van der Waals surface area contributed by atoms with Crippen molar-refractivity contribution < 1.29 is 28.2 Å². The van der Waals surface area contributed by atoms with Crippen LogP contribution in [-0.4, -0.2) is 30.8 Å². The molecular formula is C21H26O7. The molecule has 0 aliphatic heterocycles. The van der Waals surface area contributed by atoms with Crippen molar-refractivity contribution in [2.45, 2.75) is 59.7 Å². The smallest absolute Gasteiger partial charge is 0.344 e. The Bertz CT molecular complexity index is 909. The number of rotatable bonds is 8. The lowest BCUT2D eigenvalue weighted by Gasteiger charge is -2.14. The van der Waals surface area contributed by atoms with Crippen LogP contribution in [-0.2, 0) is 25.5 Å². The van der Waals surface area contributed by atoms with E-state index < -0.39 is 11.6 Å². The molecule has 1 aromatic heterocycles. The standard InChI is InChI=1S/C21H26O7/c1-12(2)26-19(22)7-6-15-9-16-14(5)8-20(23)28-18(16)10-17(15)25-11-21(24)27-13(3)4/h8-10,12-13H,6-7,11H2,1-5H3. The number of fused-ring (bicyclic) bond motifs is 1. The SMILES string of the molecule is Cc1cc(=O)oc2cc(OCC(=O)OC(C)C)c(CCC(=O)OC(C)C)cc12. The summed E-state index contributed by atoms with van der Waals surface area (Å²) in [6.45, 7) is 8.58. The first kappa shape index (κ1) is 21.5. The predicted molar refractivity (Wildman–Crippen MR) is 103 cm³/mol. The Morgan fingerprint density at radius 2 is 1.64 bits per heavy atom. The van der Waals surface area contributed by atoms with Crippen LogP contribution in [0.15, 0.2) is 27.4 Å². The lowest BCUT2D eigenvalue weighted by atomic mass is 10.0. The summed E-state index contributed by atoms with van der Waals surface area (Å²) in [5.74, 6) is -0.471. The minimum Gasteiger partial charge on any atom is -0.481 e. The normalized spacial score (nSPS) is 11.1. The van der Waals surface area contributed by atoms with Crippen LogP contribution >= 0.6 is 0 Å². The summed E-state index contributed by atoms with van der Waals surface area (Å²) >= 11 is 0. The summed E-state index contributed by atoms with van der Waals surface area (Å²) in [5.41, 5.74) is 1.35. The highest BCUT2D eigenvalue weighted by Gasteiger charge is 2.15. The fraction of sp³-hybridized carbons (Fsp3) is 0.476. The van der Waals surface area contributed by atoms with E-state index in [9.17, 15) is 14.4 Å². The Labute approximate surface area is 163 Å². The Morgan fingerprint density at radius 1 is 1.00 bits per heavy atom. The lowest BCUT2D eigenvalue weighted by Crippen LogP contribution is -2.19. The van der Waals surface area contributed by atoms with Crippen LogP contribution in [0.5, 0.6) is 5.75 Å². The molecule has 0 atom stereocenters. The highest BCUT2D eigenvalue weighted by molar-refractivity contribution is 5.83. The number of aryl methyl sites for hydroxylation is 2. The van der Waals surface area contributed by atoms with Crippen LogP contribution in [0.3, 0.4) is 0 Å². The van der Waals surface area contributed by atoms with Crippen molar-refractivity contribution in [2.75, 3.05) is 6.61 Å². The van der Waals surface area contributed by atoms with Crippen molar-refractivity contribution in [3.05, 3.63) is 39.7 Å². The van der Waals surface area contributed by atoms with Gasteiger partial charge in [0, 0.05) is 23.9 Å². The Balaban J connectivity index is 2.30. The number of ether oxygens (including phenoxy) is 3. The maximum Gasteiger partial charge on any atom is 0.344 e. The molecule has 0 N–H and O–H groups in total. The molecule has 7 nitrogen and oxygen atoms in total. The Kier molecular flexibility index (Phi) is 7.20. The number of esters is 2. The molecule has 0 aliphatic carbocycles. The lowest BCUT2D eigenvalue weighted by molar-refractivity contribution is -0.150. The average molecular weight is 390 g/mol. The molecule has 0 saturated heterocycles. The third-order valence-electron chi connectivity index (χ3n) is 3.81. The van der Waals surface area contributed by atoms with Crippen molar-refractivity contribution >= 4 is 22.9 Å². The topological polar surface area (TPSA) is 92.0 Å². The molecule has 1 heterocycles. The average Bonchev–Trinajstić information content (AvgIpc) is 2.56. The molecule has 0 spiro atoms. The monoisotopic (exact) mass is 390 g/mol. The molecular weight excluding hydrogens is 364 g/mol. The van der Waals surface area contributed by atoms with Gasteiger partial charge in [-0.1, -0.05) is 0 Å². The summed E-state index contributed by atoms with van der Waals surface area (Å²) in [6, 6.07) is 4.77. The molecule has 2 rings (SSSR count). The third-order valence-corrected chi connectivity index (χ3v) is 3.81. The quantitative estimate of drug-likeness (QED) is 0.504. The molecule has 0 saturated carbocycles. The van der Waals surface area contributed by atoms with E-state index in [-0.39, 0.29) is 31.2 Å². The summed E-state index contributed by atoms with van der Waals surface area (Å²) < 4.78 is 21.1. The maximum atomic E-state index is 11.9. The zero-order valence-electron chi connectivity index (χ0n) is 16.9. The number of carbonyl (C=O) groups excluding carboxylic acids is 2. The zero-order chi connectivity index (χ0) is 20.8. The van der Waals surface area contributed by atoms with Gasteiger partial charge in [0.05, 0.1) is 12.2 Å². The minimum absolute atomic E-state index is 0.159. The van der Waals surface area contributed by atoms with Gasteiger partial charge in [-0.3, -0.25) is 4.79 Å². The van der Waals surface area contributed by atoms with E-state index >= 15 is 0 Å². The zero-order valence-corrected chi connectivity index (χ0v) is 16.9. The van der Waals surface area contributed by atoms with Crippen molar-refractivity contribution in [3.63, 3.8) is 0 Å². The van der Waals surface area contributed by atoms with Crippen LogP contribution in [0.25, 0.3) is 11.0 Å². The Hall–Kier alpha value is -2.83. The van der Waals surface area contributed by atoms with Crippen LogP contribution < -0.4 is 10.4 Å². The number of hydrogen-bond acceptors (Lipinski definition) is 7. The molecule has 0 radical (unpaired) electrons. The fourth-order valence-corrected chi connectivity index (χ4v) is 2.71. The van der Waals surface area contributed by atoms with Crippen LogP contribution in [0.2, 0.25) is 0 Å². The molecule has 152 valence electrons. The summed E-state index contributed by atoms with van der Waals surface area (Å²) in [7, 11) is 0. The molecule has 0 amide bonds. The van der Waals surface area contributed by atoms with E-state index in [1.807, 2.05) is 0 Å². The molecule has 2 aromatic rings. The van der Waals surface area contributed by atoms with E-state index in [0.717, 1.165) is 10.9 Å². The first-order chi connectivity index (χ1) is 13.2. The predicted octanol–water partition coefficient (Wildman–Crippen LogP) is 3.32. The second-order valence-corrected chi connectivity index (χ2v) is 7.07. The van der Waals surface area contributed by atoms with Crippen LogP contribution in [0, 0.1) is 6.92 Å². The van der Waals surface area contributed by atoms with Gasteiger partial charge < -0.3 is 18.6 Å². The van der Waals surface area contributed by atoms with E-state index in [0.29, 0.717) is 23.3 Å². The van der Waals surface area contributed by atoms with Crippen molar-refractivity contribution in [1.29, 1.82) is 0 Å². The van der Waals surface area contributed by atoms with E-state index in [1.165, 1.54) is 6.07 Å². The second-order valence-electron chi connectivity index (χ2n) is 7.07. The molecule has 7 heteroatoms. The maximum absolute atomic E-state index is 11.9. The molecule has 28 heavy (non-hydrogen) atoms. The highest BCUT2D eigenvalue weighted by atomic mass is 16.6. The van der Waals surface area contributed by atoms with Gasteiger partial charge in [0.15, 0.2) is 6.61 Å². The summed E-state index contributed by atoms with van der Waals surface area (Å²) in [5, 5.41) is 0.740. The molecule has 0 bridgehead atoms. The second kappa shape index (κ2) is 9.39. The first-order valence-corrected chi connectivity index (χ1v) is 9.25. The van der Waals surface area contributed by atoms with Gasteiger partial charge in [-0.15, -0.1) is 0 Å². The van der Waals surface area contributed by atoms with Gasteiger partial charge in [-0.25, -0.2) is 9.59 Å². The van der Waals surface area contributed by atoms with Gasteiger partial charge >= 0.3 is 17.6 Å². The van der Waals surface area contributed by atoms with Gasteiger partial charge in [-0.05, 0) is 58.2 Å².